The van der Waals surface area contributed by atoms with Gasteiger partial charge in [0.05, 0.1) is 4.53 Å². The summed E-state index contributed by atoms with van der Waals surface area (Å²) in [4.78, 5) is 12.9. The van der Waals surface area contributed by atoms with Crippen molar-refractivity contribution in [1.82, 2.24) is 4.57 Å². The Morgan fingerprint density at radius 1 is 1.31 bits per heavy atom. The molecule has 26 heavy (non-hydrogen) atoms. The Kier molecular flexibility index (Phi) is 6.91. The van der Waals surface area contributed by atoms with E-state index in [1.54, 1.807) is 0 Å². The maximum atomic E-state index is 12.9. The van der Waals surface area contributed by atoms with Crippen molar-refractivity contribution in [2.45, 2.75) is 33.7 Å². The molecule has 1 heterocycles. The van der Waals surface area contributed by atoms with Gasteiger partial charge in [0.1, 0.15) is 16.8 Å². The number of thiazole rings is 1. The third-order valence-electron chi connectivity index (χ3n) is 3.94. The summed E-state index contributed by atoms with van der Waals surface area (Å²) in [6, 6.07) is 9.85. The summed E-state index contributed by atoms with van der Waals surface area (Å²) in [5, 5.41) is 18.5. The van der Waals surface area contributed by atoms with Gasteiger partial charge in [0, 0.05) is 19.8 Å². The fourth-order valence-corrected chi connectivity index (χ4v) is 3.62. The summed E-state index contributed by atoms with van der Waals surface area (Å²) < 4.78 is 7.77. The van der Waals surface area contributed by atoms with Crippen LogP contribution in [-0.2, 0) is 11.3 Å². The molecule has 0 atom stereocenters. The average Bonchev–Trinajstić information content (AvgIpc) is 2.92. The SMILES string of the molecule is CCOCCCn1c(=C(C#N)C#N)s/c(=C/c2cc(C)ccc2C)c1=O. The summed E-state index contributed by atoms with van der Waals surface area (Å²) in [5.41, 5.74) is 2.93. The van der Waals surface area contributed by atoms with Gasteiger partial charge >= 0.3 is 0 Å². The van der Waals surface area contributed by atoms with Crippen molar-refractivity contribution in [1.29, 1.82) is 10.5 Å². The Balaban J connectivity index is 2.63. The second-order valence-electron chi connectivity index (χ2n) is 5.88. The van der Waals surface area contributed by atoms with Crippen LogP contribution >= 0.6 is 11.3 Å². The van der Waals surface area contributed by atoms with Crippen molar-refractivity contribution < 1.29 is 4.74 Å². The van der Waals surface area contributed by atoms with Crippen molar-refractivity contribution in [3.63, 3.8) is 0 Å². The van der Waals surface area contributed by atoms with Gasteiger partial charge in [-0.05, 0) is 44.4 Å². The lowest BCUT2D eigenvalue weighted by Gasteiger charge is -2.02. The van der Waals surface area contributed by atoms with E-state index in [4.69, 9.17) is 4.74 Å². The van der Waals surface area contributed by atoms with Crippen molar-refractivity contribution in [3.05, 3.63) is 54.4 Å². The molecule has 0 aliphatic rings. The van der Waals surface area contributed by atoms with Gasteiger partial charge in [0.15, 0.2) is 5.57 Å². The average molecular weight is 367 g/mol. The molecule has 6 heteroatoms. The number of aryl methyl sites for hydroxylation is 2. The summed E-state index contributed by atoms with van der Waals surface area (Å²) in [5.74, 6) is 0. The highest BCUT2D eigenvalue weighted by Gasteiger charge is 2.09. The lowest BCUT2D eigenvalue weighted by atomic mass is 10.1. The molecule has 2 rings (SSSR count). The molecule has 0 fully saturated rings. The van der Waals surface area contributed by atoms with Gasteiger partial charge in [-0.1, -0.05) is 23.8 Å². The molecule has 2 aromatic rings. The van der Waals surface area contributed by atoms with Crippen LogP contribution in [0.3, 0.4) is 0 Å². The van der Waals surface area contributed by atoms with E-state index in [-0.39, 0.29) is 11.1 Å². The van der Waals surface area contributed by atoms with E-state index in [1.165, 1.54) is 15.9 Å². The first-order valence-corrected chi connectivity index (χ1v) is 9.24. The second kappa shape index (κ2) is 9.15. The van der Waals surface area contributed by atoms with Gasteiger partial charge < -0.3 is 4.74 Å². The Labute approximate surface area is 156 Å². The lowest BCUT2D eigenvalue weighted by molar-refractivity contribution is 0.141. The van der Waals surface area contributed by atoms with Crippen LogP contribution in [-0.4, -0.2) is 17.8 Å². The predicted molar refractivity (Wildman–Crippen MR) is 103 cm³/mol. The topological polar surface area (TPSA) is 78.8 Å². The van der Waals surface area contributed by atoms with Crippen LogP contribution in [0, 0.1) is 36.5 Å². The molecule has 1 aromatic carbocycles. The van der Waals surface area contributed by atoms with Crippen LogP contribution in [0.5, 0.6) is 0 Å². The maximum Gasteiger partial charge on any atom is 0.269 e. The predicted octanol–water partition coefficient (Wildman–Crippen LogP) is 1.98. The highest BCUT2D eigenvalue weighted by atomic mass is 32.1. The zero-order valence-electron chi connectivity index (χ0n) is 15.2. The Bertz CT molecular complexity index is 1030. The number of rotatable bonds is 6. The molecule has 134 valence electrons. The largest absolute Gasteiger partial charge is 0.382 e. The minimum Gasteiger partial charge on any atom is -0.382 e. The summed E-state index contributed by atoms with van der Waals surface area (Å²) in [7, 11) is 0. The number of hydrogen-bond donors (Lipinski definition) is 0. The van der Waals surface area contributed by atoms with Gasteiger partial charge in [-0.25, -0.2) is 0 Å². The monoisotopic (exact) mass is 367 g/mol. The molecule has 0 amide bonds. The molecule has 0 aliphatic heterocycles. The first kappa shape index (κ1) is 19.7. The van der Waals surface area contributed by atoms with Crippen LogP contribution in [0.15, 0.2) is 23.0 Å². The smallest absolute Gasteiger partial charge is 0.269 e. The van der Waals surface area contributed by atoms with Gasteiger partial charge in [-0.3, -0.25) is 9.36 Å². The number of ether oxygens (including phenoxy) is 1. The van der Waals surface area contributed by atoms with Crippen LogP contribution < -0.4 is 14.8 Å². The molecule has 0 saturated carbocycles. The first-order chi connectivity index (χ1) is 12.5. The molecular formula is C20H21N3O2S. The van der Waals surface area contributed by atoms with E-state index < -0.39 is 0 Å². The Morgan fingerprint density at radius 3 is 2.69 bits per heavy atom. The molecule has 0 unspecified atom stereocenters. The van der Waals surface area contributed by atoms with Crippen molar-refractivity contribution in [3.8, 4) is 12.1 Å². The normalized spacial score (nSPS) is 11.2. The first-order valence-electron chi connectivity index (χ1n) is 8.42. The molecule has 0 aliphatic carbocycles. The molecule has 0 N–H and O–H groups in total. The van der Waals surface area contributed by atoms with Crippen molar-refractivity contribution >= 4 is 23.0 Å². The summed E-state index contributed by atoms with van der Waals surface area (Å²) >= 11 is 1.19. The summed E-state index contributed by atoms with van der Waals surface area (Å²) in [6.07, 6.45) is 2.48. The van der Waals surface area contributed by atoms with Crippen molar-refractivity contribution in [2.75, 3.05) is 13.2 Å². The van der Waals surface area contributed by atoms with Gasteiger partial charge in [0.25, 0.3) is 5.56 Å². The molecule has 0 radical (unpaired) electrons. The van der Waals surface area contributed by atoms with Gasteiger partial charge in [-0.2, -0.15) is 10.5 Å². The third-order valence-corrected chi connectivity index (χ3v) is 5.07. The van der Waals surface area contributed by atoms with E-state index in [9.17, 15) is 15.3 Å². The second-order valence-corrected chi connectivity index (χ2v) is 6.91. The summed E-state index contributed by atoms with van der Waals surface area (Å²) in [6.45, 7) is 7.46. The number of benzene rings is 1. The molecular weight excluding hydrogens is 346 g/mol. The van der Waals surface area contributed by atoms with E-state index in [1.807, 2.05) is 57.2 Å². The standard InChI is InChI=1S/C20H21N3O2S/c1-4-25-9-5-8-23-19(24)18(26-20(23)17(12-21)13-22)11-16-10-14(2)6-7-15(16)3/h6-7,10-11H,4-5,8-9H2,1-3H3/b18-11+. The minimum absolute atomic E-state index is 0.0378. The third kappa shape index (κ3) is 4.49. The highest BCUT2D eigenvalue weighted by Crippen LogP contribution is 2.11. The quantitative estimate of drug-likeness (QED) is 0.732. The van der Waals surface area contributed by atoms with Crippen LogP contribution in [0.2, 0.25) is 0 Å². The molecule has 0 spiro atoms. The van der Waals surface area contributed by atoms with Gasteiger partial charge in [0.2, 0.25) is 0 Å². The number of nitriles is 2. The van der Waals surface area contributed by atoms with Crippen LogP contribution in [0.1, 0.15) is 30.0 Å². The van der Waals surface area contributed by atoms with Crippen LogP contribution in [0.4, 0.5) is 0 Å². The van der Waals surface area contributed by atoms with Gasteiger partial charge in [-0.15, -0.1) is 11.3 Å². The molecule has 0 bridgehead atoms. The molecule has 0 saturated heterocycles. The number of nitrogens with zero attached hydrogens (tertiary/aromatic N) is 3. The maximum absolute atomic E-state index is 12.9. The lowest BCUT2D eigenvalue weighted by Crippen LogP contribution is -2.32. The van der Waals surface area contributed by atoms with E-state index in [2.05, 4.69) is 0 Å². The van der Waals surface area contributed by atoms with E-state index in [0.717, 1.165) is 16.7 Å². The van der Waals surface area contributed by atoms with Crippen LogP contribution in [0.25, 0.3) is 11.6 Å². The number of aromatic nitrogens is 1. The minimum atomic E-state index is -0.176. The number of hydrogen-bond acceptors (Lipinski definition) is 5. The van der Waals surface area contributed by atoms with E-state index >= 15 is 0 Å². The van der Waals surface area contributed by atoms with E-state index in [0.29, 0.717) is 35.4 Å². The molecule has 5 nitrogen and oxygen atoms in total. The fourth-order valence-electron chi connectivity index (χ4n) is 2.55. The highest BCUT2D eigenvalue weighted by molar-refractivity contribution is 7.07. The van der Waals surface area contributed by atoms with Crippen molar-refractivity contribution in [2.24, 2.45) is 0 Å². The Morgan fingerprint density at radius 2 is 2.04 bits per heavy atom. The Hall–Kier alpha value is -2.67. The zero-order valence-corrected chi connectivity index (χ0v) is 16.0. The molecule has 1 aromatic heterocycles. The fraction of sp³-hybridized carbons (Fsp3) is 0.350. The zero-order chi connectivity index (χ0) is 19.1.